The van der Waals surface area contributed by atoms with Gasteiger partial charge in [0.25, 0.3) is 0 Å². The van der Waals surface area contributed by atoms with Crippen molar-refractivity contribution in [2.75, 3.05) is 31.2 Å². The van der Waals surface area contributed by atoms with Crippen LogP contribution in [0, 0.1) is 0 Å². The number of ether oxygens (including phenoxy) is 1. The number of nitrogens with one attached hydrogen (secondary N) is 1. The van der Waals surface area contributed by atoms with Crippen molar-refractivity contribution in [2.45, 2.75) is 25.8 Å². The number of amides is 1. The summed E-state index contributed by atoms with van der Waals surface area (Å²) in [6.45, 7) is 3.61. The number of aromatic nitrogens is 3. The Labute approximate surface area is 172 Å². The minimum Gasteiger partial charge on any atom is -0.378 e. The fourth-order valence-corrected chi connectivity index (χ4v) is 3.74. The van der Waals surface area contributed by atoms with Crippen LogP contribution < -0.4 is 10.2 Å². The number of nitrogens with zero attached hydrogens (tertiary/aromatic N) is 4. The summed E-state index contributed by atoms with van der Waals surface area (Å²) < 4.78 is 10.6. The van der Waals surface area contributed by atoms with E-state index in [1.54, 1.807) is 17.5 Å². The molecule has 1 aliphatic heterocycles. The fraction of sp³-hybridized carbons (Fsp3) is 0.400. The van der Waals surface area contributed by atoms with E-state index >= 15 is 0 Å². The first kappa shape index (κ1) is 19.5. The summed E-state index contributed by atoms with van der Waals surface area (Å²) in [5.74, 6) is 2.10. The fourth-order valence-electron chi connectivity index (χ4n) is 3.09. The number of morpholine rings is 1. The maximum absolute atomic E-state index is 12.2. The van der Waals surface area contributed by atoms with Crippen LogP contribution in [0.3, 0.4) is 0 Å². The third-order valence-electron chi connectivity index (χ3n) is 4.64. The molecule has 1 fully saturated rings. The predicted molar refractivity (Wildman–Crippen MR) is 110 cm³/mol. The van der Waals surface area contributed by atoms with Gasteiger partial charge in [-0.2, -0.15) is 4.98 Å². The second-order valence-electron chi connectivity index (χ2n) is 6.74. The maximum atomic E-state index is 12.2. The number of anilines is 1. The van der Waals surface area contributed by atoms with Gasteiger partial charge in [-0.3, -0.25) is 4.79 Å². The Morgan fingerprint density at radius 1 is 1.28 bits per heavy atom. The Balaban J connectivity index is 1.20. The number of hydrogen-bond donors (Lipinski definition) is 1. The molecule has 4 rings (SSSR count). The normalized spacial score (nSPS) is 14.1. The lowest BCUT2D eigenvalue weighted by molar-refractivity contribution is -0.121. The minimum atomic E-state index is 0.00716. The maximum Gasteiger partial charge on any atom is 0.226 e. The molecule has 0 radical (unpaired) electrons. The Hall–Kier alpha value is -2.78. The van der Waals surface area contributed by atoms with E-state index in [0.717, 1.165) is 42.6 Å². The lowest BCUT2D eigenvalue weighted by atomic mass is 10.2. The highest BCUT2D eigenvalue weighted by molar-refractivity contribution is 7.13. The van der Waals surface area contributed by atoms with Crippen LogP contribution in [0.15, 0.2) is 40.4 Å². The van der Waals surface area contributed by atoms with E-state index in [0.29, 0.717) is 37.5 Å². The Kier molecular flexibility index (Phi) is 6.48. The zero-order valence-electron chi connectivity index (χ0n) is 16.0. The van der Waals surface area contributed by atoms with Crippen molar-refractivity contribution >= 4 is 23.1 Å². The zero-order valence-corrected chi connectivity index (χ0v) is 16.9. The molecule has 29 heavy (non-hydrogen) atoms. The van der Waals surface area contributed by atoms with E-state index in [1.807, 2.05) is 29.6 Å². The summed E-state index contributed by atoms with van der Waals surface area (Å²) in [5.41, 5.74) is 1.03. The van der Waals surface area contributed by atoms with Gasteiger partial charge >= 0.3 is 0 Å². The van der Waals surface area contributed by atoms with Gasteiger partial charge in [0.2, 0.25) is 17.6 Å². The topological polar surface area (TPSA) is 93.4 Å². The van der Waals surface area contributed by atoms with E-state index in [-0.39, 0.29) is 5.91 Å². The number of thiophene rings is 1. The quantitative estimate of drug-likeness (QED) is 0.607. The molecule has 1 aliphatic rings. The van der Waals surface area contributed by atoms with Crippen molar-refractivity contribution in [2.24, 2.45) is 0 Å². The molecule has 0 unspecified atom stereocenters. The van der Waals surface area contributed by atoms with Crippen molar-refractivity contribution in [3.05, 3.63) is 47.3 Å². The number of carbonyl (C=O) groups is 1. The Bertz CT molecular complexity index is 922. The van der Waals surface area contributed by atoms with Gasteiger partial charge in [0.1, 0.15) is 5.82 Å². The monoisotopic (exact) mass is 413 g/mol. The van der Waals surface area contributed by atoms with E-state index in [9.17, 15) is 4.79 Å². The van der Waals surface area contributed by atoms with Crippen LogP contribution in [-0.2, 0) is 22.5 Å². The molecule has 1 amide bonds. The highest BCUT2D eigenvalue weighted by Gasteiger charge is 2.13. The number of pyridine rings is 1. The van der Waals surface area contributed by atoms with Gasteiger partial charge in [-0.05, 0) is 35.6 Å². The molecule has 1 N–H and O–H groups in total. The minimum absolute atomic E-state index is 0.00716. The SMILES string of the molecule is O=C(CCCc1nc(-c2cccs2)no1)NCc1ccnc(N2CCOCC2)c1. The van der Waals surface area contributed by atoms with Gasteiger partial charge in [-0.1, -0.05) is 11.2 Å². The molecule has 0 aromatic carbocycles. The van der Waals surface area contributed by atoms with Crippen molar-refractivity contribution in [1.82, 2.24) is 20.4 Å². The molecular weight excluding hydrogens is 390 g/mol. The van der Waals surface area contributed by atoms with Crippen molar-refractivity contribution in [3.8, 4) is 10.7 Å². The second-order valence-corrected chi connectivity index (χ2v) is 7.69. The van der Waals surface area contributed by atoms with Crippen LogP contribution >= 0.6 is 11.3 Å². The van der Waals surface area contributed by atoms with Crippen LogP contribution in [0.1, 0.15) is 24.3 Å². The summed E-state index contributed by atoms with van der Waals surface area (Å²) >= 11 is 1.57. The molecule has 0 bridgehead atoms. The lowest BCUT2D eigenvalue weighted by Gasteiger charge is -2.28. The molecule has 4 heterocycles. The zero-order chi connectivity index (χ0) is 19.9. The molecule has 8 nitrogen and oxygen atoms in total. The van der Waals surface area contributed by atoms with Crippen LogP contribution in [0.4, 0.5) is 5.82 Å². The first-order valence-corrected chi connectivity index (χ1v) is 10.6. The van der Waals surface area contributed by atoms with Crippen LogP contribution in [0.25, 0.3) is 10.7 Å². The number of aryl methyl sites for hydroxylation is 1. The molecule has 0 saturated carbocycles. The third kappa shape index (κ3) is 5.39. The van der Waals surface area contributed by atoms with E-state index in [1.165, 1.54) is 0 Å². The first-order valence-electron chi connectivity index (χ1n) is 9.69. The Morgan fingerprint density at radius 3 is 3.00 bits per heavy atom. The van der Waals surface area contributed by atoms with Gasteiger partial charge in [0, 0.05) is 38.7 Å². The molecule has 3 aromatic rings. The van der Waals surface area contributed by atoms with E-state index in [2.05, 4.69) is 25.3 Å². The molecule has 0 spiro atoms. The smallest absolute Gasteiger partial charge is 0.226 e. The van der Waals surface area contributed by atoms with Crippen molar-refractivity contribution < 1.29 is 14.1 Å². The van der Waals surface area contributed by atoms with Gasteiger partial charge in [-0.15, -0.1) is 11.3 Å². The lowest BCUT2D eigenvalue weighted by Crippen LogP contribution is -2.36. The highest BCUT2D eigenvalue weighted by Crippen LogP contribution is 2.21. The average molecular weight is 414 g/mol. The molecule has 3 aromatic heterocycles. The molecule has 1 saturated heterocycles. The van der Waals surface area contributed by atoms with Gasteiger partial charge in [-0.25, -0.2) is 4.98 Å². The number of hydrogen-bond acceptors (Lipinski definition) is 8. The highest BCUT2D eigenvalue weighted by atomic mass is 32.1. The summed E-state index contributed by atoms with van der Waals surface area (Å²) in [4.78, 5) is 24.1. The van der Waals surface area contributed by atoms with Crippen LogP contribution in [-0.4, -0.2) is 47.3 Å². The molecule has 152 valence electrons. The standard InChI is InChI=1S/C20H23N5O3S/c26-18(4-1-5-19-23-20(24-28-19)16-3-2-12-29-16)22-14-15-6-7-21-17(13-15)25-8-10-27-11-9-25/h2-3,6-7,12-13H,1,4-5,8-11,14H2,(H,22,26). The average Bonchev–Trinajstić information content (AvgIpc) is 3.45. The van der Waals surface area contributed by atoms with Gasteiger partial charge in [0.05, 0.1) is 18.1 Å². The molecule has 0 atom stereocenters. The summed E-state index contributed by atoms with van der Waals surface area (Å²) in [6.07, 6.45) is 3.45. The summed E-state index contributed by atoms with van der Waals surface area (Å²) in [6, 6.07) is 7.86. The number of carbonyl (C=O) groups excluding carboxylic acids is 1. The molecule has 0 aliphatic carbocycles. The summed E-state index contributed by atoms with van der Waals surface area (Å²) in [7, 11) is 0. The van der Waals surface area contributed by atoms with Crippen LogP contribution in [0.5, 0.6) is 0 Å². The van der Waals surface area contributed by atoms with Gasteiger partial charge in [0.15, 0.2) is 0 Å². The third-order valence-corrected chi connectivity index (χ3v) is 5.50. The van der Waals surface area contributed by atoms with Crippen molar-refractivity contribution in [3.63, 3.8) is 0 Å². The largest absolute Gasteiger partial charge is 0.378 e. The van der Waals surface area contributed by atoms with E-state index in [4.69, 9.17) is 9.26 Å². The number of rotatable bonds is 8. The molecule has 9 heteroatoms. The molecular formula is C20H23N5O3S. The predicted octanol–water partition coefficient (Wildman–Crippen LogP) is 2.67. The second kappa shape index (κ2) is 9.62. The van der Waals surface area contributed by atoms with Crippen molar-refractivity contribution in [1.29, 1.82) is 0 Å². The van der Waals surface area contributed by atoms with Crippen LogP contribution in [0.2, 0.25) is 0 Å². The summed E-state index contributed by atoms with van der Waals surface area (Å²) in [5, 5.41) is 8.93. The first-order chi connectivity index (χ1) is 14.3. The Morgan fingerprint density at radius 2 is 2.17 bits per heavy atom. The van der Waals surface area contributed by atoms with Gasteiger partial charge < -0.3 is 19.5 Å². The van der Waals surface area contributed by atoms with E-state index < -0.39 is 0 Å².